The van der Waals surface area contributed by atoms with Crippen molar-refractivity contribution in [2.75, 3.05) is 26.2 Å². The Morgan fingerprint density at radius 1 is 1.25 bits per heavy atom. The summed E-state index contributed by atoms with van der Waals surface area (Å²) in [4.78, 5) is 14.5. The molecule has 0 bridgehead atoms. The third kappa shape index (κ3) is 3.90. The summed E-state index contributed by atoms with van der Waals surface area (Å²) < 4.78 is 0. The smallest absolute Gasteiger partial charge is 0.176 e. The Balaban J connectivity index is 1.88. The second-order valence-electron chi connectivity index (χ2n) is 6.10. The van der Waals surface area contributed by atoms with Crippen molar-refractivity contribution in [1.82, 2.24) is 4.90 Å². The van der Waals surface area contributed by atoms with Crippen molar-refractivity contribution in [2.24, 2.45) is 5.92 Å². The van der Waals surface area contributed by atoms with Crippen LogP contribution in [-0.4, -0.2) is 42.0 Å². The van der Waals surface area contributed by atoms with Gasteiger partial charge in [-0.25, -0.2) is 0 Å². The molecule has 3 nitrogen and oxygen atoms in total. The number of aliphatic hydroxyl groups excluding tert-OH is 1. The minimum Gasteiger partial charge on any atom is -0.396 e. The number of piperidine rings is 1. The maximum absolute atomic E-state index is 12.3. The Labute approximate surface area is 121 Å². The fourth-order valence-corrected chi connectivity index (χ4v) is 2.68. The molecule has 1 aliphatic heterocycles. The van der Waals surface area contributed by atoms with Gasteiger partial charge in [0.2, 0.25) is 0 Å². The molecule has 0 spiro atoms. The van der Waals surface area contributed by atoms with Gasteiger partial charge in [0.25, 0.3) is 0 Å². The minimum absolute atomic E-state index is 0.197. The number of carbonyl (C=O) groups excluding carboxylic acids is 1. The van der Waals surface area contributed by atoms with E-state index in [2.05, 4.69) is 30.9 Å². The largest absolute Gasteiger partial charge is 0.396 e. The zero-order valence-electron chi connectivity index (χ0n) is 12.5. The first-order chi connectivity index (χ1) is 9.60. The highest BCUT2D eigenvalue weighted by atomic mass is 16.3. The van der Waals surface area contributed by atoms with Crippen molar-refractivity contribution >= 4 is 5.78 Å². The van der Waals surface area contributed by atoms with Gasteiger partial charge in [-0.15, -0.1) is 0 Å². The van der Waals surface area contributed by atoms with Gasteiger partial charge >= 0.3 is 0 Å². The second-order valence-corrected chi connectivity index (χ2v) is 6.10. The molecule has 0 radical (unpaired) electrons. The van der Waals surface area contributed by atoms with Crippen LogP contribution in [0.3, 0.4) is 0 Å². The zero-order chi connectivity index (χ0) is 14.5. The van der Waals surface area contributed by atoms with Crippen LogP contribution in [0, 0.1) is 5.92 Å². The number of aliphatic hydroxyl groups is 1. The second kappa shape index (κ2) is 7.00. The lowest BCUT2D eigenvalue weighted by molar-refractivity contribution is 0.0864. The molecule has 1 heterocycles. The van der Waals surface area contributed by atoms with Crippen LogP contribution in [0.15, 0.2) is 24.3 Å². The maximum Gasteiger partial charge on any atom is 0.176 e. The molecule has 0 aromatic heterocycles. The molecule has 1 aromatic carbocycles. The molecule has 1 N–H and O–H groups in total. The number of ketones is 1. The van der Waals surface area contributed by atoms with Gasteiger partial charge in [-0.2, -0.15) is 0 Å². The van der Waals surface area contributed by atoms with Crippen molar-refractivity contribution in [3.63, 3.8) is 0 Å². The number of likely N-dealkylation sites (tertiary alicyclic amines) is 1. The lowest BCUT2D eigenvalue weighted by atomic mass is 9.97. The van der Waals surface area contributed by atoms with Crippen LogP contribution in [0.4, 0.5) is 0 Å². The first-order valence-electron chi connectivity index (χ1n) is 7.56. The highest BCUT2D eigenvalue weighted by molar-refractivity contribution is 5.97. The first-order valence-corrected chi connectivity index (χ1v) is 7.56. The molecule has 0 saturated carbocycles. The van der Waals surface area contributed by atoms with Crippen LogP contribution in [-0.2, 0) is 0 Å². The van der Waals surface area contributed by atoms with Crippen LogP contribution in [0.2, 0.25) is 0 Å². The molecule has 0 aliphatic carbocycles. The van der Waals surface area contributed by atoms with Crippen LogP contribution < -0.4 is 0 Å². The van der Waals surface area contributed by atoms with Crippen molar-refractivity contribution in [1.29, 1.82) is 0 Å². The lowest BCUT2D eigenvalue weighted by Crippen LogP contribution is -2.38. The Hall–Kier alpha value is -1.19. The predicted molar refractivity (Wildman–Crippen MR) is 81.1 cm³/mol. The van der Waals surface area contributed by atoms with E-state index in [9.17, 15) is 4.79 Å². The Morgan fingerprint density at radius 3 is 2.35 bits per heavy atom. The quantitative estimate of drug-likeness (QED) is 0.840. The zero-order valence-corrected chi connectivity index (χ0v) is 12.5. The average Bonchev–Trinajstić information content (AvgIpc) is 2.48. The third-order valence-corrected chi connectivity index (χ3v) is 4.23. The van der Waals surface area contributed by atoms with Crippen molar-refractivity contribution in [2.45, 2.75) is 32.6 Å². The summed E-state index contributed by atoms with van der Waals surface area (Å²) in [6, 6.07) is 7.99. The number of benzene rings is 1. The summed E-state index contributed by atoms with van der Waals surface area (Å²) in [5, 5.41) is 9.12. The maximum atomic E-state index is 12.3. The van der Waals surface area contributed by atoms with E-state index in [-0.39, 0.29) is 12.4 Å². The molecule has 0 amide bonds. The molecular formula is C17H25NO2. The Kier molecular flexibility index (Phi) is 5.32. The molecule has 1 saturated heterocycles. The van der Waals surface area contributed by atoms with E-state index >= 15 is 0 Å². The number of nitrogens with zero attached hydrogens (tertiary/aromatic N) is 1. The Morgan fingerprint density at radius 2 is 1.85 bits per heavy atom. The van der Waals surface area contributed by atoms with E-state index < -0.39 is 0 Å². The van der Waals surface area contributed by atoms with Gasteiger partial charge in [0.15, 0.2) is 5.78 Å². The molecule has 20 heavy (non-hydrogen) atoms. The monoisotopic (exact) mass is 275 g/mol. The normalized spacial score (nSPS) is 17.6. The lowest BCUT2D eigenvalue weighted by Gasteiger charge is -2.30. The minimum atomic E-state index is 0.197. The van der Waals surface area contributed by atoms with E-state index in [0.29, 0.717) is 18.4 Å². The summed E-state index contributed by atoms with van der Waals surface area (Å²) in [6.07, 6.45) is 1.99. The Bertz CT molecular complexity index is 431. The van der Waals surface area contributed by atoms with Crippen LogP contribution in [0.5, 0.6) is 0 Å². The summed E-state index contributed by atoms with van der Waals surface area (Å²) in [5.74, 6) is 1.12. The standard InChI is InChI=1S/C17H25NO2/c1-13(2)15-3-5-16(6-4-15)17(20)11-18-9-7-14(12-19)8-10-18/h3-6,13-14,19H,7-12H2,1-2H3. The summed E-state index contributed by atoms with van der Waals surface area (Å²) in [6.45, 7) is 6.92. The molecule has 3 heteroatoms. The number of hydrogen-bond acceptors (Lipinski definition) is 3. The SMILES string of the molecule is CC(C)c1ccc(C(=O)CN2CCC(CO)CC2)cc1. The van der Waals surface area contributed by atoms with Gasteiger partial charge in [-0.3, -0.25) is 9.69 Å². The number of hydrogen-bond donors (Lipinski definition) is 1. The molecular weight excluding hydrogens is 250 g/mol. The van der Waals surface area contributed by atoms with E-state index in [4.69, 9.17) is 5.11 Å². The number of Topliss-reactive ketones (excluding diaryl/α,β-unsaturated/α-hetero) is 1. The molecule has 1 fully saturated rings. The molecule has 1 aliphatic rings. The first kappa shape index (κ1) is 15.2. The van der Waals surface area contributed by atoms with Gasteiger partial charge in [-0.1, -0.05) is 38.1 Å². The summed E-state index contributed by atoms with van der Waals surface area (Å²) >= 11 is 0. The topological polar surface area (TPSA) is 40.5 Å². The fraction of sp³-hybridized carbons (Fsp3) is 0.588. The average molecular weight is 275 g/mol. The van der Waals surface area contributed by atoms with E-state index in [1.807, 2.05) is 12.1 Å². The van der Waals surface area contributed by atoms with Gasteiger partial charge < -0.3 is 5.11 Å². The molecule has 0 atom stereocenters. The van der Waals surface area contributed by atoms with Gasteiger partial charge in [0.05, 0.1) is 6.54 Å². The van der Waals surface area contributed by atoms with E-state index in [1.165, 1.54) is 5.56 Å². The van der Waals surface area contributed by atoms with E-state index in [1.54, 1.807) is 0 Å². The molecule has 2 rings (SSSR count). The van der Waals surface area contributed by atoms with Crippen molar-refractivity contribution < 1.29 is 9.90 Å². The van der Waals surface area contributed by atoms with Crippen LogP contribution >= 0.6 is 0 Å². The third-order valence-electron chi connectivity index (χ3n) is 4.23. The van der Waals surface area contributed by atoms with Crippen LogP contribution in [0.25, 0.3) is 0 Å². The van der Waals surface area contributed by atoms with Gasteiger partial charge in [0, 0.05) is 12.2 Å². The highest BCUT2D eigenvalue weighted by Gasteiger charge is 2.20. The van der Waals surface area contributed by atoms with Crippen molar-refractivity contribution in [3.05, 3.63) is 35.4 Å². The molecule has 1 aromatic rings. The van der Waals surface area contributed by atoms with Gasteiger partial charge in [0.1, 0.15) is 0 Å². The molecule has 110 valence electrons. The van der Waals surface area contributed by atoms with E-state index in [0.717, 1.165) is 31.5 Å². The summed E-state index contributed by atoms with van der Waals surface area (Å²) in [7, 11) is 0. The number of carbonyl (C=O) groups is 1. The number of rotatable bonds is 5. The predicted octanol–water partition coefficient (Wildman–Crippen LogP) is 2.70. The van der Waals surface area contributed by atoms with Gasteiger partial charge in [-0.05, 0) is 43.3 Å². The van der Waals surface area contributed by atoms with Crippen LogP contribution in [0.1, 0.15) is 48.5 Å². The highest BCUT2D eigenvalue weighted by Crippen LogP contribution is 2.18. The van der Waals surface area contributed by atoms with Crippen molar-refractivity contribution in [3.8, 4) is 0 Å². The fourth-order valence-electron chi connectivity index (χ4n) is 2.68. The summed E-state index contributed by atoms with van der Waals surface area (Å²) in [5.41, 5.74) is 2.07. The molecule has 0 unspecified atom stereocenters.